The first-order chi connectivity index (χ1) is 8.81. The number of piperidine rings is 1. The lowest BCUT2D eigenvalue weighted by Gasteiger charge is -2.23. The normalized spacial score (nSPS) is 19.8. The summed E-state index contributed by atoms with van der Waals surface area (Å²) in [6.45, 7) is 7.52. The summed E-state index contributed by atoms with van der Waals surface area (Å²) < 4.78 is 0. The first-order valence-electron chi connectivity index (χ1n) is 7.13. The third-order valence-electron chi connectivity index (χ3n) is 3.50. The van der Waals surface area contributed by atoms with Crippen molar-refractivity contribution in [2.24, 2.45) is 5.92 Å². The van der Waals surface area contributed by atoms with Gasteiger partial charge in [-0.1, -0.05) is 13.8 Å². The van der Waals surface area contributed by atoms with Crippen molar-refractivity contribution in [3.05, 3.63) is 17.5 Å². The highest BCUT2D eigenvalue weighted by Crippen LogP contribution is 2.12. The molecule has 0 aromatic carbocycles. The smallest absolute Gasteiger partial charge is 0.223 e. The van der Waals surface area contributed by atoms with Gasteiger partial charge in [0.25, 0.3) is 0 Å². The van der Waals surface area contributed by atoms with Crippen LogP contribution in [0.1, 0.15) is 38.1 Å². The molecule has 2 rings (SSSR count). The van der Waals surface area contributed by atoms with Crippen LogP contribution in [0.25, 0.3) is 0 Å². The molecule has 4 nitrogen and oxygen atoms in total. The van der Waals surface area contributed by atoms with Crippen LogP contribution in [0.2, 0.25) is 0 Å². The second-order valence-corrected chi connectivity index (χ2v) is 4.97. The van der Waals surface area contributed by atoms with Gasteiger partial charge in [0.15, 0.2) is 0 Å². The first-order valence-corrected chi connectivity index (χ1v) is 7.13. The van der Waals surface area contributed by atoms with E-state index in [-0.39, 0.29) is 0 Å². The summed E-state index contributed by atoms with van der Waals surface area (Å²) in [5.41, 5.74) is 2.26. The molecule has 0 bridgehead atoms. The van der Waals surface area contributed by atoms with Crippen LogP contribution < -0.4 is 10.6 Å². The van der Waals surface area contributed by atoms with Gasteiger partial charge in [0.2, 0.25) is 5.95 Å². The topological polar surface area (TPSA) is 49.8 Å². The minimum atomic E-state index is 0.706. The van der Waals surface area contributed by atoms with E-state index in [4.69, 9.17) is 0 Å². The Kier molecular flexibility index (Phi) is 4.93. The third-order valence-corrected chi connectivity index (χ3v) is 3.50. The van der Waals surface area contributed by atoms with Gasteiger partial charge >= 0.3 is 0 Å². The third kappa shape index (κ3) is 3.67. The maximum absolute atomic E-state index is 4.54. The van der Waals surface area contributed by atoms with Gasteiger partial charge in [-0.15, -0.1) is 0 Å². The molecule has 2 N–H and O–H groups in total. The Morgan fingerprint density at radius 2 is 2.00 bits per heavy atom. The highest BCUT2D eigenvalue weighted by molar-refractivity contribution is 5.28. The predicted octanol–water partition coefficient (Wildman–Crippen LogP) is 2.01. The van der Waals surface area contributed by atoms with Crippen molar-refractivity contribution in [2.45, 2.75) is 39.5 Å². The van der Waals surface area contributed by atoms with Crippen LogP contribution in [-0.2, 0) is 12.8 Å². The van der Waals surface area contributed by atoms with Crippen molar-refractivity contribution in [1.82, 2.24) is 15.3 Å². The molecule has 2 heterocycles. The summed E-state index contributed by atoms with van der Waals surface area (Å²) in [6, 6.07) is 2.10. The Hall–Kier alpha value is -1.16. The second-order valence-electron chi connectivity index (χ2n) is 4.97. The zero-order chi connectivity index (χ0) is 12.8. The molecule has 0 saturated carbocycles. The largest absolute Gasteiger partial charge is 0.354 e. The maximum atomic E-state index is 4.54. The molecule has 1 saturated heterocycles. The minimum Gasteiger partial charge on any atom is -0.354 e. The van der Waals surface area contributed by atoms with E-state index in [9.17, 15) is 0 Å². The van der Waals surface area contributed by atoms with Crippen LogP contribution in [0.15, 0.2) is 6.07 Å². The molecule has 1 aliphatic rings. The fraction of sp³-hybridized carbons (Fsp3) is 0.714. The van der Waals surface area contributed by atoms with Crippen LogP contribution in [0.4, 0.5) is 5.95 Å². The Morgan fingerprint density at radius 3 is 2.56 bits per heavy atom. The summed E-state index contributed by atoms with van der Waals surface area (Å²) in [6.07, 6.45) is 4.51. The van der Waals surface area contributed by atoms with Crippen molar-refractivity contribution in [3.63, 3.8) is 0 Å². The molecule has 0 radical (unpaired) electrons. The molecule has 1 aliphatic heterocycles. The van der Waals surface area contributed by atoms with E-state index in [0.29, 0.717) is 5.92 Å². The summed E-state index contributed by atoms with van der Waals surface area (Å²) in [5, 5.41) is 6.84. The number of anilines is 1. The van der Waals surface area contributed by atoms with Crippen LogP contribution >= 0.6 is 0 Å². The van der Waals surface area contributed by atoms with Crippen molar-refractivity contribution in [1.29, 1.82) is 0 Å². The van der Waals surface area contributed by atoms with Gasteiger partial charge in [-0.3, -0.25) is 0 Å². The van der Waals surface area contributed by atoms with Crippen molar-refractivity contribution < 1.29 is 0 Å². The van der Waals surface area contributed by atoms with Crippen LogP contribution in [-0.4, -0.2) is 29.6 Å². The fourth-order valence-electron chi connectivity index (χ4n) is 2.33. The zero-order valence-electron chi connectivity index (χ0n) is 11.5. The van der Waals surface area contributed by atoms with E-state index in [1.165, 1.54) is 12.8 Å². The Morgan fingerprint density at radius 1 is 1.28 bits per heavy atom. The molecular formula is C14H24N4. The van der Waals surface area contributed by atoms with E-state index in [2.05, 4.69) is 40.5 Å². The van der Waals surface area contributed by atoms with Crippen LogP contribution in [0.3, 0.4) is 0 Å². The molecule has 1 unspecified atom stereocenters. The van der Waals surface area contributed by atoms with Gasteiger partial charge < -0.3 is 10.6 Å². The molecule has 1 aromatic heterocycles. The predicted molar refractivity (Wildman–Crippen MR) is 74.9 cm³/mol. The molecule has 0 aliphatic carbocycles. The number of nitrogens with zero attached hydrogens (tertiary/aromatic N) is 2. The molecule has 4 heteroatoms. The first kappa shape index (κ1) is 13.3. The standard InChI is InChI=1S/C14H24N4/c1-3-12-8-13(4-2)18-14(17-12)16-10-11-6-5-7-15-9-11/h8,11,15H,3-7,9-10H2,1-2H3,(H,16,17,18). The number of aromatic nitrogens is 2. The summed E-state index contributed by atoms with van der Waals surface area (Å²) in [5.74, 6) is 1.51. The van der Waals surface area contributed by atoms with E-state index in [1.54, 1.807) is 0 Å². The number of hydrogen-bond acceptors (Lipinski definition) is 4. The summed E-state index contributed by atoms with van der Waals surface area (Å²) >= 11 is 0. The zero-order valence-corrected chi connectivity index (χ0v) is 11.5. The lowest BCUT2D eigenvalue weighted by atomic mass is 10.00. The van der Waals surface area contributed by atoms with E-state index in [0.717, 1.165) is 49.8 Å². The Balaban J connectivity index is 1.94. The average molecular weight is 248 g/mol. The average Bonchev–Trinajstić information content (AvgIpc) is 2.45. The molecule has 1 aromatic rings. The number of hydrogen-bond donors (Lipinski definition) is 2. The van der Waals surface area contributed by atoms with Crippen molar-refractivity contribution in [3.8, 4) is 0 Å². The lowest BCUT2D eigenvalue weighted by molar-refractivity contribution is 0.392. The molecule has 0 spiro atoms. The van der Waals surface area contributed by atoms with E-state index in [1.807, 2.05) is 0 Å². The van der Waals surface area contributed by atoms with Gasteiger partial charge in [-0.25, -0.2) is 9.97 Å². The molecule has 1 fully saturated rings. The quantitative estimate of drug-likeness (QED) is 0.837. The van der Waals surface area contributed by atoms with Crippen LogP contribution in [0.5, 0.6) is 0 Å². The van der Waals surface area contributed by atoms with Gasteiger partial charge in [0.05, 0.1) is 0 Å². The van der Waals surface area contributed by atoms with Crippen molar-refractivity contribution in [2.75, 3.05) is 25.0 Å². The van der Waals surface area contributed by atoms with Gasteiger partial charge in [0.1, 0.15) is 0 Å². The van der Waals surface area contributed by atoms with E-state index >= 15 is 0 Å². The molecule has 0 amide bonds. The van der Waals surface area contributed by atoms with Crippen LogP contribution in [0, 0.1) is 5.92 Å². The molecular weight excluding hydrogens is 224 g/mol. The van der Waals surface area contributed by atoms with Crippen molar-refractivity contribution >= 4 is 5.95 Å². The summed E-state index contributed by atoms with van der Waals surface area (Å²) in [4.78, 5) is 9.08. The highest BCUT2D eigenvalue weighted by Gasteiger charge is 2.13. The number of aryl methyl sites for hydroxylation is 2. The SMILES string of the molecule is CCc1cc(CC)nc(NCC2CCCNC2)n1. The monoisotopic (exact) mass is 248 g/mol. The highest BCUT2D eigenvalue weighted by atomic mass is 15.1. The molecule has 1 atom stereocenters. The van der Waals surface area contributed by atoms with Gasteiger partial charge in [0, 0.05) is 17.9 Å². The number of nitrogens with one attached hydrogen (secondary N) is 2. The van der Waals surface area contributed by atoms with Gasteiger partial charge in [-0.05, 0) is 50.8 Å². The number of rotatable bonds is 5. The minimum absolute atomic E-state index is 0.706. The van der Waals surface area contributed by atoms with Gasteiger partial charge in [-0.2, -0.15) is 0 Å². The molecule has 100 valence electrons. The molecule has 18 heavy (non-hydrogen) atoms. The lowest BCUT2D eigenvalue weighted by Crippen LogP contribution is -2.33. The Bertz CT molecular complexity index is 350. The fourth-order valence-corrected chi connectivity index (χ4v) is 2.33. The van der Waals surface area contributed by atoms with E-state index < -0.39 is 0 Å². The maximum Gasteiger partial charge on any atom is 0.223 e. The Labute approximate surface area is 110 Å². The second kappa shape index (κ2) is 6.69. The summed E-state index contributed by atoms with van der Waals surface area (Å²) in [7, 11) is 0.